The maximum atomic E-state index is 12.7. The summed E-state index contributed by atoms with van der Waals surface area (Å²) in [6.45, 7) is 8.89. The van der Waals surface area contributed by atoms with Crippen molar-refractivity contribution in [2.24, 2.45) is 0 Å². The van der Waals surface area contributed by atoms with Gasteiger partial charge in [-0.3, -0.25) is 14.5 Å². The smallest absolute Gasteiger partial charge is 0.275 e. The molecule has 0 radical (unpaired) electrons. The number of oxazole rings is 1. The Morgan fingerprint density at radius 2 is 1.77 bits per heavy atom. The van der Waals surface area contributed by atoms with Crippen molar-refractivity contribution in [1.82, 2.24) is 19.7 Å². The first-order chi connectivity index (χ1) is 14.2. The lowest BCUT2D eigenvalue weighted by Crippen LogP contribution is -2.50. The van der Waals surface area contributed by atoms with Gasteiger partial charge in [0.2, 0.25) is 11.8 Å². The summed E-state index contributed by atoms with van der Waals surface area (Å²) in [6.07, 6.45) is 1.41. The fraction of sp³-hybridized carbons (Fsp3) is 0.476. The standard InChI is InChI=1S/C21H26Cl2N4O3/c1-14(2)27(11-16-4-5-17(22)18(23)10-16)12-20-24-19(13-30-20)21(29)26-8-6-25(7-9-26)15(3)28/h4-5,10,13-14H,6-9,11-12H2,1-3H3. The van der Waals surface area contributed by atoms with Crippen LogP contribution < -0.4 is 0 Å². The minimum atomic E-state index is -0.172. The van der Waals surface area contributed by atoms with E-state index in [2.05, 4.69) is 23.7 Å². The zero-order chi connectivity index (χ0) is 21.8. The summed E-state index contributed by atoms with van der Waals surface area (Å²) in [5.41, 5.74) is 1.32. The van der Waals surface area contributed by atoms with E-state index < -0.39 is 0 Å². The van der Waals surface area contributed by atoms with Gasteiger partial charge in [0.25, 0.3) is 5.91 Å². The van der Waals surface area contributed by atoms with Crippen LogP contribution in [0.15, 0.2) is 28.9 Å². The maximum absolute atomic E-state index is 12.7. The Labute approximate surface area is 186 Å². The Bertz CT molecular complexity index is 907. The molecule has 1 aliphatic rings. The number of benzene rings is 1. The van der Waals surface area contributed by atoms with E-state index in [1.807, 2.05) is 12.1 Å². The van der Waals surface area contributed by atoms with Crippen LogP contribution in [0.25, 0.3) is 0 Å². The van der Waals surface area contributed by atoms with Gasteiger partial charge >= 0.3 is 0 Å². The van der Waals surface area contributed by atoms with Gasteiger partial charge in [-0.05, 0) is 31.5 Å². The molecule has 0 bridgehead atoms. The molecule has 0 unspecified atom stereocenters. The first kappa shape index (κ1) is 22.6. The van der Waals surface area contributed by atoms with E-state index in [0.717, 1.165) is 5.56 Å². The van der Waals surface area contributed by atoms with Gasteiger partial charge in [0.15, 0.2) is 5.69 Å². The Morgan fingerprint density at radius 3 is 2.37 bits per heavy atom. The number of carbonyl (C=O) groups is 2. The minimum Gasteiger partial charge on any atom is -0.447 e. The fourth-order valence-corrected chi connectivity index (χ4v) is 3.66. The van der Waals surface area contributed by atoms with Crippen LogP contribution in [0.4, 0.5) is 0 Å². The number of piperazine rings is 1. The second-order valence-corrected chi connectivity index (χ2v) is 8.49. The van der Waals surface area contributed by atoms with E-state index in [9.17, 15) is 9.59 Å². The molecule has 162 valence electrons. The average Bonchev–Trinajstić information content (AvgIpc) is 3.18. The van der Waals surface area contributed by atoms with Crippen LogP contribution in [0.1, 0.15) is 42.7 Å². The van der Waals surface area contributed by atoms with E-state index in [0.29, 0.717) is 60.9 Å². The van der Waals surface area contributed by atoms with Gasteiger partial charge in [-0.15, -0.1) is 0 Å². The van der Waals surface area contributed by atoms with Gasteiger partial charge in [-0.25, -0.2) is 4.98 Å². The zero-order valence-electron chi connectivity index (χ0n) is 17.4. The molecule has 0 atom stereocenters. The highest BCUT2D eigenvalue weighted by molar-refractivity contribution is 6.42. The van der Waals surface area contributed by atoms with Gasteiger partial charge in [-0.2, -0.15) is 0 Å². The van der Waals surface area contributed by atoms with Crippen LogP contribution in [0.5, 0.6) is 0 Å². The van der Waals surface area contributed by atoms with Crippen molar-refractivity contribution in [2.75, 3.05) is 26.2 Å². The SMILES string of the molecule is CC(=O)N1CCN(C(=O)c2coc(CN(Cc3ccc(Cl)c(Cl)c3)C(C)C)n2)CC1. The van der Waals surface area contributed by atoms with E-state index in [1.165, 1.54) is 6.26 Å². The summed E-state index contributed by atoms with van der Waals surface area (Å²) in [4.78, 5) is 34.2. The van der Waals surface area contributed by atoms with Crippen molar-refractivity contribution >= 4 is 35.0 Å². The molecule has 3 rings (SSSR count). The molecule has 9 heteroatoms. The number of hydrogen-bond donors (Lipinski definition) is 0. The van der Waals surface area contributed by atoms with Crippen LogP contribution in [-0.2, 0) is 17.9 Å². The quantitative estimate of drug-likeness (QED) is 0.667. The van der Waals surface area contributed by atoms with Gasteiger partial charge < -0.3 is 14.2 Å². The number of nitrogens with zero attached hydrogens (tertiary/aromatic N) is 4. The lowest BCUT2D eigenvalue weighted by atomic mass is 10.2. The topological polar surface area (TPSA) is 69.9 Å². The number of aromatic nitrogens is 1. The summed E-state index contributed by atoms with van der Waals surface area (Å²) < 4.78 is 5.59. The largest absolute Gasteiger partial charge is 0.447 e. The highest BCUT2D eigenvalue weighted by Gasteiger charge is 2.25. The second kappa shape index (κ2) is 9.81. The van der Waals surface area contributed by atoms with Gasteiger partial charge in [0.1, 0.15) is 6.26 Å². The van der Waals surface area contributed by atoms with Crippen molar-refractivity contribution in [3.63, 3.8) is 0 Å². The molecule has 2 amide bonds. The fourth-order valence-electron chi connectivity index (χ4n) is 3.34. The number of amides is 2. The normalized spacial score (nSPS) is 14.6. The van der Waals surface area contributed by atoms with E-state index >= 15 is 0 Å². The van der Waals surface area contributed by atoms with Crippen LogP contribution in [0, 0.1) is 0 Å². The Kier molecular flexibility index (Phi) is 7.39. The molecular formula is C21H26Cl2N4O3. The number of carbonyl (C=O) groups excluding carboxylic acids is 2. The van der Waals surface area contributed by atoms with Crippen LogP contribution >= 0.6 is 23.2 Å². The molecule has 1 aromatic carbocycles. The van der Waals surface area contributed by atoms with Crippen LogP contribution in [0.3, 0.4) is 0 Å². The number of halogens is 2. The summed E-state index contributed by atoms with van der Waals surface area (Å²) in [5.74, 6) is 0.338. The highest BCUT2D eigenvalue weighted by Crippen LogP contribution is 2.24. The number of rotatable bonds is 6. The molecule has 0 aliphatic carbocycles. The number of hydrogen-bond acceptors (Lipinski definition) is 5. The van der Waals surface area contributed by atoms with Crippen molar-refractivity contribution in [3.05, 3.63) is 51.7 Å². The van der Waals surface area contributed by atoms with Crippen molar-refractivity contribution in [2.45, 2.75) is 39.9 Å². The minimum absolute atomic E-state index is 0.0292. The Hall–Kier alpha value is -2.09. The molecule has 1 saturated heterocycles. The molecule has 7 nitrogen and oxygen atoms in total. The molecule has 1 fully saturated rings. The van der Waals surface area contributed by atoms with Crippen molar-refractivity contribution < 1.29 is 14.0 Å². The summed E-state index contributed by atoms with van der Waals surface area (Å²) in [6, 6.07) is 5.80. The molecule has 30 heavy (non-hydrogen) atoms. The van der Waals surface area contributed by atoms with Crippen LogP contribution in [0.2, 0.25) is 10.0 Å². The predicted octanol–water partition coefficient (Wildman–Crippen LogP) is 3.70. The second-order valence-electron chi connectivity index (χ2n) is 7.67. The monoisotopic (exact) mass is 452 g/mol. The lowest BCUT2D eigenvalue weighted by Gasteiger charge is -2.33. The average molecular weight is 453 g/mol. The molecule has 1 aliphatic heterocycles. The Balaban J connectivity index is 1.63. The molecule has 2 heterocycles. The molecule has 0 N–H and O–H groups in total. The first-order valence-electron chi connectivity index (χ1n) is 9.91. The van der Waals surface area contributed by atoms with Gasteiger partial charge in [-0.1, -0.05) is 29.3 Å². The third kappa shape index (κ3) is 5.53. The molecule has 2 aromatic rings. The van der Waals surface area contributed by atoms with E-state index in [-0.39, 0.29) is 17.9 Å². The zero-order valence-corrected chi connectivity index (χ0v) is 18.9. The van der Waals surface area contributed by atoms with Gasteiger partial charge in [0, 0.05) is 45.7 Å². The van der Waals surface area contributed by atoms with E-state index in [4.69, 9.17) is 27.6 Å². The summed E-state index contributed by atoms with van der Waals surface area (Å²) >= 11 is 12.1. The van der Waals surface area contributed by atoms with Crippen molar-refractivity contribution in [3.8, 4) is 0 Å². The molecule has 0 saturated carbocycles. The highest BCUT2D eigenvalue weighted by atomic mass is 35.5. The third-order valence-corrected chi connectivity index (χ3v) is 5.96. The summed E-state index contributed by atoms with van der Waals surface area (Å²) in [5, 5.41) is 1.04. The molecular weight excluding hydrogens is 427 g/mol. The Morgan fingerprint density at radius 1 is 1.10 bits per heavy atom. The van der Waals surface area contributed by atoms with E-state index in [1.54, 1.807) is 22.8 Å². The summed E-state index contributed by atoms with van der Waals surface area (Å²) in [7, 11) is 0. The maximum Gasteiger partial charge on any atom is 0.275 e. The molecule has 1 aromatic heterocycles. The first-order valence-corrected chi connectivity index (χ1v) is 10.7. The van der Waals surface area contributed by atoms with Crippen molar-refractivity contribution in [1.29, 1.82) is 0 Å². The van der Waals surface area contributed by atoms with Crippen LogP contribution in [-0.4, -0.2) is 63.7 Å². The van der Waals surface area contributed by atoms with Gasteiger partial charge in [0.05, 0.1) is 16.6 Å². The predicted molar refractivity (Wildman–Crippen MR) is 116 cm³/mol. The molecule has 0 spiro atoms. The lowest BCUT2D eigenvalue weighted by molar-refractivity contribution is -0.130. The third-order valence-electron chi connectivity index (χ3n) is 5.22.